The zero-order valence-electron chi connectivity index (χ0n) is 16.3. The van der Waals surface area contributed by atoms with E-state index in [1.165, 1.54) is 22.3 Å². The second-order valence-corrected chi connectivity index (χ2v) is 5.28. The Labute approximate surface area is 145 Å². The van der Waals surface area contributed by atoms with Crippen molar-refractivity contribution < 1.29 is 0 Å². The largest absolute Gasteiger partial charge is 0.0683 e. The lowest BCUT2D eigenvalue weighted by Gasteiger charge is -2.17. The summed E-state index contributed by atoms with van der Waals surface area (Å²) in [7, 11) is 0. The van der Waals surface area contributed by atoms with Crippen LogP contribution in [0.5, 0.6) is 0 Å². The molecule has 0 aliphatic heterocycles. The number of rotatable bonds is 5. The predicted octanol–water partition coefficient (Wildman–Crippen LogP) is 7.21. The molecule has 0 aliphatic rings. The van der Waals surface area contributed by atoms with E-state index in [9.17, 15) is 0 Å². The molecule has 2 rings (SSSR count). The van der Waals surface area contributed by atoms with Gasteiger partial charge < -0.3 is 0 Å². The third-order valence-electron chi connectivity index (χ3n) is 3.99. The van der Waals surface area contributed by atoms with Gasteiger partial charge in [0.05, 0.1) is 0 Å². The van der Waals surface area contributed by atoms with Gasteiger partial charge in [-0.15, -0.1) is 0 Å². The van der Waals surface area contributed by atoms with Crippen molar-refractivity contribution in [3.8, 4) is 0 Å². The van der Waals surface area contributed by atoms with E-state index < -0.39 is 0 Å². The molecule has 1 atom stereocenters. The van der Waals surface area contributed by atoms with Crippen LogP contribution in [0.4, 0.5) is 0 Å². The fraction of sp³-hybridized carbons (Fsp3) is 0.478. The smallest absolute Gasteiger partial charge is 0.0147 e. The fourth-order valence-electron chi connectivity index (χ4n) is 2.88. The quantitative estimate of drug-likeness (QED) is 0.547. The molecule has 0 aromatic heterocycles. The van der Waals surface area contributed by atoms with E-state index in [0.29, 0.717) is 5.92 Å². The Hall–Kier alpha value is -1.56. The van der Waals surface area contributed by atoms with Gasteiger partial charge in [-0.2, -0.15) is 0 Å². The molecule has 0 bridgehead atoms. The maximum atomic E-state index is 2.35. The fourth-order valence-corrected chi connectivity index (χ4v) is 2.88. The van der Waals surface area contributed by atoms with Crippen LogP contribution in [0.1, 0.15) is 76.6 Å². The van der Waals surface area contributed by atoms with Gasteiger partial charge in [-0.3, -0.25) is 0 Å². The maximum Gasteiger partial charge on any atom is -0.0147 e. The highest BCUT2D eigenvalue weighted by Gasteiger charge is 2.11. The number of hydrogen-bond donors (Lipinski definition) is 0. The first-order valence-corrected chi connectivity index (χ1v) is 9.40. The summed E-state index contributed by atoms with van der Waals surface area (Å²) >= 11 is 0. The lowest BCUT2D eigenvalue weighted by Crippen LogP contribution is -2.04. The highest BCUT2D eigenvalue weighted by Crippen LogP contribution is 2.25. The average Bonchev–Trinajstić information content (AvgIpc) is 2.65. The van der Waals surface area contributed by atoms with Crippen LogP contribution in [-0.4, -0.2) is 0 Å². The second kappa shape index (κ2) is 12.9. The summed E-state index contributed by atoms with van der Waals surface area (Å²) in [5, 5.41) is 0. The molecule has 0 amide bonds. The summed E-state index contributed by atoms with van der Waals surface area (Å²) in [6, 6.07) is 17.7. The molecule has 0 radical (unpaired) electrons. The molecule has 2 aromatic rings. The van der Waals surface area contributed by atoms with Gasteiger partial charge in [0.15, 0.2) is 0 Å². The third-order valence-corrected chi connectivity index (χ3v) is 3.99. The lowest BCUT2D eigenvalue weighted by molar-refractivity contribution is 0.741. The van der Waals surface area contributed by atoms with Crippen LogP contribution in [0.15, 0.2) is 48.5 Å². The summed E-state index contributed by atoms with van der Waals surface area (Å²) in [6.07, 6.45) is 3.38. The molecule has 128 valence electrons. The van der Waals surface area contributed by atoms with Crippen molar-refractivity contribution in [3.05, 3.63) is 70.8 Å². The number of benzene rings is 2. The highest BCUT2D eigenvalue weighted by molar-refractivity contribution is 5.34. The molecular formula is C23H36. The molecule has 23 heavy (non-hydrogen) atoms. The summed E-state index contributed by atoms with van der Waals surface area (Å²) in [5.74, 6) is 0.587. The minimum atomic E-state index is 0.587. The van der Waals surface area contributed by atoms with E-state index in [2.05, 4.69) is 69.3 Å². The van der Waals surface area contributed by atoms with E-state index in [1.807, 2.05) is 27.7 Å². The first kappa shape index (κ1) is 21.4. The Bertz CT molecular complexity index is 525. The van der Waals surface area contributed by atoms with Crippen LogP contribution >= 0.6 is 0 Å². The SMILES string of the molecule is CC.CC.CCc1ccccc1CC(C)c1ccccc1CC. The van der Waals surface area contributed by atoms with Crippen molar-refractivity contribution in [1.29, 1.82) is 0 Å². The van der Waals surface area contributed by atoms with Gasteiger partial charge in [-0.1, -0.05) is 97.0 Å². The zero-order chi connectivity index (χ0) is 17.7. The van der Waals surface area contributed by atoms with Gasteiger partial charge in [-0.05, 0) is 47.4 Å². The van der Waals surface area contributed by atoms with Gasteiger partial charge in [-0.25, -0.2) is 0 Å². The van der Waals surface area contributed by atoms with Gasteiger partial charge in [0.2, 0.25) is 0 Å². The Morgan fingerprint density at radius 3 is 1.61 bits per heavy atom. The second-order valence-electron chi connectivity index (χ2n) is 5.28. The van der Waals surface area contributed by atoms with Crippen molar-refractivity contribution in [2.45, 2.75) is 73.6 Å². The Kier molecular flexibility index (Phi) is 12.1. The van der Waals surface area contributed by atoms with E-state index in [4.69, 9.17) is 0 Å². The summed E-state index contributed by atoms with van der Waals surface area (Å²) in [4.78, 5) is 0. The lowest BCUT2D eigenvalue weighted by atomic mass is 9.88. The van der Waals surface area contributed by atoms with Crippen molar-refractivity contribution >= 4 is 0 Å². The van der Waals surface area contributed by atoms with Crippen LogP contribution in [0.3, 0.4) is 0 Å². The molecule has 0 spiro atoms. The number of aryl methyl sites for hydroxylation is 2. The van der Waals surface area contributed by atoms with Crippen molar-refractivity contribution in [2.75, 3.05) is 0 Å². The van der Waals surface area contributed by atoms with Crippen LogP contribution in [0.2, 0.25) is 0 Å². The van der Waals surface area contributed by atoms with Crippen LogP contribution < -0.4 is 0 Å². The standard InChI is InChI=1S/C19H24.2C2H6/c1-4-16-10-6-7-12-18(16)14-15(3)19-13-9-8-11-17(19)5-2;2*1-2/h6-13,15H,4-5,14H2,1-3H3;2*1-2H3. The minimum Gasteiger partial charge on any atom is -0.0683 e. The molecule has 0 nitrogen and oxygen atoms in total. The topological polar surface area (TPSA) is 0 Å². The van der Waals surface area contributed by atoms with Crippen LogP contribution in [0, 0.1) is 0 Å². The Morgan fingerprint density at radius 2 is 1.09 bits per heavy atom. The molecule has 2 aromatic carbocycles. The van der Waals surface area contributed by atoms with Gasteiger partial charge in [0.1, 0.15) is 0 Å². The minimum absolute atomic E-state index is 0.587. The molecule has 0 fully saturated rings. The van der Waals surface area contributed by atoms with E-state index in [-0.39, 0.29) is 0 Å². The summed E-state index contributed by atoms with van der Waals surface area (Å²) in [6.45, 7) is 14.8. The molecule has 0 heteroatoms. The first-order valence-electron chi connectivity index (χ1n) is 9.40. The maximum absolute atomic E-state index is 2.35. The molecule has 0 N–H and O–H groups in total. The Balaban J connectivity index is 0.00000112. The average molecular weight is 313 g/mol. The highest BCUT2D eigenvalue weighted by atomic mass is 14.2. The molecule has 1 unspecified atom stereocenters. The molecule has 0 aliphatic carbocycles. The molecule has 0 saturated carbocycles. The van der Waals surface area contributed by atoms with Crippen LogP contribution in [-0.2, 0) is 19.3 Å². The van der Waals surface area contributed by atoms with Gasteiger partial charge >= 0.3 is 0 Å². The first-order chi connectivity index (χ1) is 11.3. The molecule has 0 saturated heterocycles. The van der Waals surface area contributed by atoms with Crippen molar-refractivity contribution in [2.24, 2.45) is 0 Å². The van der Waals surface area contributed by atoms with Gasteiger partial charge in [0, 0.05) is 0 Å². The predicted molar refractivity (Wildman–Crippen MR) is 106 cm³/mol. The zero-order valence-corrected chi connectivity index (χ0v) is 16.3. The van der Waals surface area contributed by atoms with E-state index >= 15 is 0 Å². The van der Waals surface area contributed by atoms with Gasteiger partial charge in [0.25, 0.3) is 0 Å². The number of hydrogen-bond acceptors (Lipinski definition) is 0. The van der Waals surface area contributed by atoms with E-state index in [0.717, 1.165) is 19.3 Å². The van der Waals surface area contributed by atoms with Crippen molar-refractivity contribution in [1.82, 2.24) is 0 Å². The molecule has 0 heterocycles. The molecular weight excluding hydrogens is 276 g/mol. The third kappa shape index (κ3) is 6.60. The summed E-state index contributed by atoms with van der Waals surface area (Å²) in [5.41, 5.74) is 5.99. The Morgan fingerprint density at radius 1 is 0.652 bits per heavy atom. The normalized spacial score (nSPS) is 10.7. The van der Waals surface area contributed by atoms with E-state index in [1.54, 1.807) is 0 Å². The van der Waals surface area contributed by atoms with Crippen LogP contribution in [0.25, 0.3) is 0 Å². The van der Waals surface area contributed by atoms with Crippen molar-refractivity contribution in [3.63, 3.8) is 0 Å². The summed E-state index contributed by atoms with van der Waals surface area (Å²) < 4.78 is 0. The monoisotopic (exact) mass is 312 g/mol.